The molecule has 5 nitrogen and oxygen atoms in total. The van der Waals surface area contributed by atoms with Gasteiger partial charge in [-0.2, -0.15) is 0 Å². The third-order valence-corrected chi connectivity index (χ3v) is 2.30. The number of carbonyl (C=O) groups is 1. The second-order valence-corrected chi connectivity index (χ2v) is 3.49. The van der Waals surface area contributed by atoms with E-state index in [1.165, 1.54) is 18.2 Å². The number of benzene rings is 1. The molecule has 5 heteroatoms. The van der Waals surface area contributed by atoms with Crippen molar-refractivity contribution in [2.45, 2.75) is 12.8 Å². The van der Waals surface area contributed by atoms with Crippen LogP contribution in [0.5, 0.6) is 0 Å². The molecule has 0 aromatic heterocycles. The van der Waals surface area contributed by atoms with Crippen molar-refractivity contribution in [2.24, 2.45) is 0 Å². The number of esters is 1. The number of non-ortho nitro benzene ring substituents is 1. The molecule has 90 valence electrons. The van der Waals surface area contributed by atoms with E-state index in [0.717, 1.165) is 0 Å². The highest BCUT2D eigenvalue weighted by atomic mass is 16.6. The standard InChI is InChI=1S/C12H13NO4/c1-3-8-17-12(14)9(2)10-4-6-11(7-5-10)13(15)16/h3-7,9H,1,8H2,2H3. The van der Waals surface area contributed by atoms with E-state index in [-0.39, 0.29) is 18.3 Å². The van der Waals surface area contributed by atoms with E-state index in [0.29, 0.717) is 5.56 Å². The van der Waals surface area contributed by atoms with Gasteiger partial charge in [0.25, 0.3) is 5.69 Å². The second kappa shape index (κ2) is 5.79. The minimum absolute atomic E-state index is 0.000379. The van der Waals surface area contributed by atoms with Gasteiger partial charge in [0, 0.05) is 12.1 Å². The second-order valence-electron chi connectivity index (χ2n) is 3.49. The fourth-order valence-electron chi connectivity index (χ4n) is 1.29. The van der Waals surface area contributed by atoms with E-state index in [1.807, 2.05) is 0 Å². The Kier molecular flexibility index (Phi) is 4.39. The summed E-state index contributed by atoms with van der Waals surface area (Å²) < 4.78 is 4.89. The van der Waals surface area contributed by atoms with Gasteiger partial charge < -0.3 is 4.74 Å². The molecule has 1 aromatic carbocycles. The number of nitrogens with zero attached hydrogens (tertiary/aromatic N) is 1. The molecule has 1 aromatic rings. The van der Waals surface area contributed by atoms with Crippen LogP contribution in [0.25, 0.3) is 0 Å². The highest BCUT2D eigenvalue weighted by molar-refractivity contribution is 5.77. The summed E-state index contributed by atoms with van der Waals surface area (Å²) in [4.78, 5) is 21.5. The zero-order valence-electron chi connectivity index (χ0n) is 9.46. The monoisotopic (exact) mass is 235 g/mol. The van der Waals surface area contributed by atoms with Crippen LogP contribution in [0.2, 0.25) is 0 Å². The molecule has 0 saturated heterocycles. The number of rotatable bonds is 5. The Labute approximate surface area is 98.9 Å². The third-order valence-electron chi connectivity index (χ3n) is 2.30. The molecule has 0 saturated carbocycles. The van der Waals surface area contributed by atoms with Crippen LogP contribution in [0.4, 0.5) is 5.69 Å². The van der Waals surface area contributed by atoms with E-state index in [9.17, 15) is 14.9 Å². The van der Waals surface area contributed by atoms with Crippen LogP contribution in [-0.2, 0) is 9.53 Å². The minimum Gasteiger partial charge on any atom is -0.461 e. The van der Waals surface area contributed by atoms with Crippen LogP contribution in [0.3, 0.4) is 0 Å². The molecule has 1 rings (SSSR count). The molecule has 0 fully saturated rings. The molecule has 1 unspecified atom stereocenters. The lowest BCUT2D eigenvalue weighted by atomic mass is 10.0. The highest BCUT2D eigenvalue weighted by Crippen LogP contribution is 2.20. The van der Waals surface area contributed by atoms with Gasteiger partial charge in [0.05, 0.1) is 10.8 Å². The van der Waals surface area contributed by atoms with E-state index in [4.69, 9.17) is 4.74 Å². The van der Waals surface area contributed by atoms with Crippen molar-refractivity contribution >= 4 is 11.7 Å². The first kappa shape index (κ1) is 12.9. The van der Waals surface area contributed by atoms with Crippen LogP contribution in [0, 0.1) is 10.1 Å². The molecule has 0 heterocycles. The third kappa shape index (κ3) is 3.41. The quantitative estimate of drug-likeness (QED) is 0.340. The minimum atomic E-state index is -0.482. The average Bonchev–Trinajstić information content (AvgIpc) is 2.35. The van der Waals surface area contributed by atoms with Gasteiger partial charge in [-0.25, -0.2) is 0 Å². The van der Waals surface area contributed by atoms with Crippen LogP contribution >= 0.6 is 0 Å². The van der Waals surface area contributed by atoms with Gasteiger partial charge in [-0.05, 0) is 12.5 Å². The first-order chi connectivity index (χ1) is 8.06. The van der Waals surface area contributed by atoms with Crippen molar-refractivity contribution in [1.82, 2.24) is 0 Å². The van der Waals surface area contributed by atoms with Gasteiger partial charge in [0.1, 0.15) is 6.61 Å². The molecular formula is C12H13NO4. The van der Waals surface area contributed by atoms with Gasteiger partial charge >= 0.3 is 5.97 Å². The zero-order chi connectivity index (χ0) is 12.8. The number of nitro benzene ring substituents is 1. The molecule has 0 spiro atoms. The summed E-state index contributed by atoms with van der Waals surface area (Å²) in [5, 5.41) is 10.5. The number of hydrogen-bond acceptors (Lipinski definition) is 4. The maximum atomic E-state index is 11.5. The maximum Gasteiger partial charge on any atom is 0.313 e. The normalized spacial score (nSPS) is 11.6. The zero-order valence-corrected chi connectivity index (χ0v) is 9.46. The Hall–Kier alpha value is -2.17. The molecule has 0 N–H and O–H groups in total. The van der Waals surface area contributed by atoms with Crippen LogP contribution in [-0.4, -0.2) is 17.5 Å². The fraction of sp³-hybridized carbons (Fsp3) is 0.250. The van der Waals surface area contributed by atoms with Gasteiger partial charge in [-0.15, -0.1) is 0 Å². The van der Waals surface area contributed by atoms with Crippen molar-refractivity contribution in [1.29, 1.82) is 0 Å². The van der Waals surface area contributed by atoms with E-state index < -0.39 is 10.8 Å². The van der Waals surface area contributed by atoms with E-state index in [1.54, 1.807) is 19.1 Å². The maximum absolute atomic E-state index is 11.5. The van der Waals surface area contributed by atoms with E-state index >= 15 is 0 Å². The summed E-state index contributed by atoms with van der Waals surface area (Å²) in [6.07, 6.45) is 1.49. The van der Waals surface area contributed by atoms with Gasteiger partial charge in [-0.1, -0.05) is 24.8 Å². The number of hydrogen-bond donors (Lipinski definition) is 0. The SMILES string of the molecule is C=CCOC(=O)C(C)c1ccc([N+](=O)[O-])cc1. The Morgan fingerprint density at radius 1 is 1.53 bits per heavy atom. The average molecular weight is 235 g/mol. The molecule has 1 atom stereocenters. The highest BCUT2D eigenvalue weighted by Gasteiger charge is 2.17. The number of ether oxygens (including phenoxy) is 1. The van der Waals surface area contributed by atoms with Crippen molar-refractivity contribution in [3.63, 3.8) is 0 Å². The van der Waals surface area contributed by atoms with Crippen LogP contribution in [0.1, 0.15) is 18.4 Å². The van der Waals surface area contributed by atoms with Crippen molar-refractivity contribution < 1.29 is 14.5 Å². The van der Waals surface area contributed by atoms with E-state index in [2.05, 4.69) is 6.58 Å². The van der Waals surface area contributed by atoms with Crippen LogP contribution in [0.15, 0.2) is 36.9 Å². The van der Waals surface area contributed by atoms with Crippen molar-refractivity contribution in [3.8, 4) is 0 Å². The Balaban J connectivity index is 2.75. The fourth-order valence-corrected chi connectivity index (χ4v) is 1.29. The van der Waals surface area contributed by atoms with Crippen LogP contribution < -0.4 is 0 Å². The predicted octanol–water partition coefficient (Wildman–Crippen LogP) is 2.43. The summed E-state index contributed by atoms with van der Waals surface area (Å²) in [6.45, 7) is 5.29. The molecular weight excluding hydrogens is 222 g/mol. The Morgan fingerprint density at radius 2 is 2.12 bits per heavy atom. The number of carbonyl (C=O) groups excluding carboxylic acids is 1. The first-order valence-electron chi connectivity index (χ1n) is 5.08. The summed E-state index contributed by atoms with van der Waals surface area (Å²) >= 11 is 0. The molecule has 0 amide bonds. The summed E-state index contributed by atoms with van der Waals surface area (Å²) in [5.74, 6) is -0.825. The lowest BCUT2D eigenvalue weighted by Gasteiger charge is -2.10. The first-order valence-corrected chi connectivity index (χ1v) is 5.08. The lowest BCUT2D eigenvalue weighted by Crippen LogP contribution is -2.13. The van der Waals surface area contributed by atoms with Crippen molar-refractivity contribution in [3.05, 3.63) is 52.6 Å². The Morgan fingerprint density at radius 3 is 2.59 bits per heavy atom. The van der Waals surface area contributed by atoms with Gasteiger partial charge in [0.2, 0.25) is 0 Å². The Bertz CT molecular complexity index is 425. The van der Waals surface area contributed by atoms with Gasteiger partial charge in [0.15, 0.2) is 0 Å². The molecule has 0 radical (unpaired) electrons. The summed E-state index contributed by atoms with van der Waals surface area (Å²) in [7, 11) is 0. The molecule has 0 aliphatic rings. The molecule has 0 aliphatic heterocycles. The predicted molar refractivity (Wildman–Crippen MR) is 62.7 cm³/mol. The number of nitro groups is 1. The smallest absolute Gasteiger partial charge is 0.313 e. The summed E-state index contributed by atoms with van der Waals surface area (Å²) in [5.41, 5.74) is 0.685. The molecule has 0 bridgehead atoms. The lowest BCUT2D eigenvalue weighted by molar-refractivity contribution is -0.384. The van der Waals surface area contributed by atoms with Gasteiger partial charge in [-0.3, -0.25) is 14.9 Å². The summed E-state index contributed by atoms with van der Waals surface area (Å²) in [6, 6.07) is 5.84. The molecule has 17 heavy (non-hydrogen) atoms. The largest absolute Gasteiger partial charge is 0.461 e. The van der Waals surface area contributed by atoms with Crippen molar-refractivity contribution in [2.75, 3.05) is 6.61 Å². The topological polar surface area (TPSA) is 69.4 Å². The molecule has 0 aliphatic carbocycles.